The van der Waals surface area contributed by atoms with E-state index in [2.05, 4.69) is 52.0 Å². The second kappa shape index (κ2) is 6.85. The molecule has 0 radical (unpaired) electrons. The summed E-state index contributed by atoms with van der Waals surface area (Å²) >= 11 is 0. The third kappa shape index (κ3) is 3.25. The van der Waals surface area contributed by atoms with Gasteiger partial charge in [-0.1, -0.05) is 29.8 Å². The Balaban J connectivity index is 1.52. The van der Waals surface area contributed by atoms with Gasteiger partial charge in [0.1, 0.15) is 11.9 Å². The van der Waals surface area contributed by atoms with E-state index in [1.165, 1.54) is 30.5 Å². The smallest absolute Gasteiger partial charge is 0.146 e. The van der Waals surface area contributed by atoms with Crippen molar-refractivity contribution in [1.82, 2.24) is 9.88 Å². The highest BCUT2D eigenvalue weighted by molar-refractivity contribution is 5.54. The number of benzene rings is 1. The highest BCUT2D eigenvalue weighted by Crippen LogP contribution is 2.34. The number of rotatable bonds is 3. The Bertz CT molecular complexity index is 794. The van der Waals surface area contributed by atoms with Crippen LogP contribution in [0.3, 0.4) is 0 Å². The zero-order chi connectivity index (χ0) is 17.2. The average Bonchev–Trinajstić information content (AvgIpc) is 3.04. The number of pyridine rings is 1. The number of nitriles is 1. The highest BCUT2D eigenvalue weighted by Gasteiger charge is 2.38. The Kier molecular flexibility index (Phi) is 4.42. The molecule has 0 amide bonds. The summed E-state index contributed by atoms with van der Waals surface area (Å²) in [5.74, 6) is 1.63. The number of fused-ring (bicyclic) bond motifs is 1. The molecule has 4 heteroatoms. The van der Waals surface area contributed by atoms with Gasteiger partial charge in [0, 0.05) is 31.9 Å². The average molecular weight is 332 g/mol. The van der Waals surface area contributed by atoms with Crippen LogP contribution >= 0.6 is 0 Å². The van der Waals surface area contributed by atoms with Gasteiger partial charge in [-0.2, -0.15) is 5.26 Å². The number of hydrogen-bond donors (Lipinski definition) is 0. The number of nitrogens with zero attached hydrogens (tertiary/aromatic N) is 4. The zero-order valence-electron chi connectivity index (χ0n) is 14.7. The van der Waals surface area contributed by atoms with Crippen LogP contribution in [0.1, 0.15) is 29.5 Å². The summed E-state index contributed by atoms with van der Waals surface area (Å²) in [6.45, 7) is 6.32. The summed E-state index contributed by atoms with van der Waals surface area (Å²) in [7, 11) is 0. The number of aromatic nitrogens is 1. The van der Waals surface area contributed by atoms with Crippen LogP contribution in [0.2, 0.25) is 0 Å². The van der Waals surface area contributed by atoms with Gasteiger partial charge in [-0.25, -0.2) is 4.98 Å². The first kappa shape index (κ1) is 16.1. The number of piperidine rings is 1. The first-order valence-corrected chi connectivity index (χ1v) is 9.14. The van der Waals surface area contributed by atoms with E-state index < -0.39 is 0 Å². The monoisotopic (exact) mass is 332 g/mol. The molecule has 0 N–H and O–H groups in total. The summed E-state index contributed by atoms with van der Waals surface area (Å²) in [6, 6.07) is 15.4. The molecule has 2 aliphatic heterocycles. The van der Waals surface area contributed by atoms with E-state index in [4.69, 9.17) is 0 Å². The minimum Gasteiger partial charge on any atom is -0.354 e. The maximum absolute atomic E-state index is 9.38. The van der Waals surface area contributed by atoms with Gasteiger partial charge >= 0.3 is 0 Å². The van der Waals surface area contributed by atoms with E-state index in [0.717, 1.165) is 31.4 Å². The number of anilines is 1. The first-order chi connectivity index (χ1) is 12.2. The van der Waals surface area contributed by atoms with Crippen molar-refractivity contribution in [3.8, 4) is 6.07 Å². The molecule has 1 aromatic heterocycles. The molecule has 0 aliphatic carbocycles. The molecule has 2 fully saturated rings. The largest absolute Gasteiger partial charge is 0.354 e. The van der Waals surface area contributed by atoms with E-state index in [-0.39, 0.29) is 0 Å². The minimum absolute atomic E-state index is 0.558. The third-order valence-electron chi connectivity index (χ3n) is 5.65. The van der Waals surface area contributed by atoms with Crippen molar-refractivity contribution in [2.24, 2.45) is 5.92 Å². The molecule has 2 aliphatic rings. The predicted molar refractivity (Wildman–Crippen MR) is 99.3 cm³/mol. The third-order valence-corrected chi connectivity index (χ3v) is 5.65. The van der Waals surface area contributed by atoms with E-state index >= 15 is 0 Å². The summed E-state index contributed by atoms with van der Waals surface area (Å²) in [5, 5.41) is 9.38. The number of aryl methyl sites for hydroxylation is 1. The Hall–Kier alpha value is -2.38. The molecule has 2 unspecified atom stereocenters. The van der Waals surface area contributed by atoms with E-state index in [1.807, 2.05) is 12.1 Å². The molecule has 2 aromatic rings. The Morgan fingerprint density at radius 2 is 2.08 bits per heavy atom. The van der Waals surface area contributed by atoms with Crippen LogP contribution in [0.15, 0.2) is 42.6 Å². The Morgan fingerprint density at radius 3 is 2.92 bits per heavy atom. The van der Waals surface area contributed by atoms with Gasteiger partial charge in [-0.05, 0) is 49.9 Å². The minimum atomic E-state index is 0.558. The van der Waals surface area contributed by atoms with E-state index in [1.54, 1.807) is 6.20 Å². The lowest BCUT2D eigenvalue weighted by Gasteiger charge is -2.39. The number of hydrogen-bond acceptors (Lipinski definition) is 4. The number of likely N-dealkylation sites (tertiary alicyclic amines) is 1. The van der Waals surface area contributed by atoms with E-state index in [9.17, 15) is 5.26 Å². The molecule has 4 rings (SSSR count). The van der Waals surface area contributed by atoms with Gasteiger partial charge in [0.25, 0.3) is 0 Å². The Labute approximate surface area is 149 Å². The zero-order valence-corrected chi connectivity index (χ0v) is 14.7. The van der Waals surface area contributed by atoms with Crippen LogP contribution in [-0.4, -0.2) is 35.6 Å². The van der Waals surface area contributed by atoms with Gasteiger partial charge in [-0.15, -0.1) is 0 Å². The van der Waals surface area contributed by atoms with Gasteiger partial charge in [0.15, 0.2) is 0 Å². The first-order valence-electron chi connectivity index (χ1n) is 9.14. The summed E-state index contributed by atoms with van der Waals surface area (Å²) in [5.41, 5.74) is 3.41. The van der Waals surface area contributed by atoms with Crippen molar-refractivity contribution in [3.05, 3.63) is 59.3 Å². The maximum atomic E-state index is 9.38. The fraction of sp³-hybridized carbons (Fsp3) is 0.429. The van der Waals surface area contributed by atoms with Crippen LogP contribution in [0.5, 0.6) is 0 Å². The van der Waals surface area contributed by atoms with Gasteiger partial charge in [0.05, 0.1) is 5.56 Å². The van der Waals surface area contributed by atoms with Gasteiger partial charge in [0.2, 0.25) is 0 Å². The molecule has 3 heterocycles. The normalized spacial score (nSPS) is 23.3. The summed E-state index contributed by atoms with van der Waals surface area (Å²) in [6.07, 6.45) is 4.27. The van der Waals surface area contributed by atoms with Crippen molar-refractivity contribution in [2.75, 3.05) is 24.5 Å². The maximum Gasteiger partial charge on any atom is 0.146 e. The van der Waals surface area contributed by atoms with Gasteiger partial charge < -0.3 is 4.90 Å². The lowest BCUT2D eigenvalue weighted by Crippen LogP contribution is -2.48. The highest BCUT2D eigenvalue weighted by atomic mass is 15.3. The standard InChI is InChI=1S/C21H24N4/c1-16-4-2-5-17(12-16)14-24-10-7-18-8-11-25(15-20(18)24)21-19(13-22)6-3-9-23-21/h2-6,9,12,18,20H,7-8,10-11,14-15H2,1H3. The quantitative estimate of drug-likeness (QED) is 0.864. The lowest BCUT2D eigenvalue weighted by molar-refractivity contribution is 0.200. The molecular formula is C21H24N4. The van der Waals surface area contributed by atoms with Crippen LogP contribution < -0.4 is 4.90 Å². The molecule has 0 saturated carbocycles. The van der Waals surface area contributed by atoms with E-state index in [0.29, 0.717) is 11.6 Å². The molecule has 4 nitrogen and oxygen atoms in total. The topological polar surface area (TPSA) is 43.2 Å². The summed E-state index contributed by atoms with van der Waals surface area (Å²) in [4.78, 5) is 9.43. The van der Waals surface area contributed by atoms with Crippen molar-refractivity contribution in [2.45, 2.75) is 32.4 Å². The van der Waals surface area contributed by atoms with Crippen LogP contribution in [0, 0.1) is 24.2 Å². The van der Waals surface area contributed by atoms with Crippen LogP contribution in [0.4, 0.5) is 5.82 Å². The van der Waals surface area contributed by atoms with Crippen molar-refractivity contribution in [1.29, 1.82) is 5.26 Å². The molecule has 2 saturated heterocycles. The SMILES string of the molecule is Cc1cccc(CN2CCC3CCN(c4ncccc4C#N)CC32)c1. The fourth-order valence-corrected chi connectivity index (χ4v) is 4.40. The second-order valence-electron chi connectivity index (χ2n) is 7.30. The van der Waals surface area contributed by atoms with Crippen molar-refractivity contribution < 1.29 is 0 Å². The molecular weight excluding hydrogens is 308 g/mol. The molecule has 25 heavy (non-hydrogen) atoms. The van der Waals surface area contributed by atoms with Gasteiger partial charge in [-0.3, -0.25) is 4.90 Å². The molecule has 1 aromatic carbocycles. The van der Waals surface area contributed by atoms with Crippen LogP contribution in [-0.2, 0) is 6.54 Å². The molecule has 0 bridgehead atoms. The van der Waals surface area contributed by atoms with Crippen molar-refractivity contribution >= 4 is 5.82 Å². The molecule has 128 valence electrons. The predicted octanol–water partition coefficient (Wildman–Crippen LogP) is 3.36. The fourth-order valence-electron chi connectivity index (χ4n) is 4.40. The Morgan fingerprint density at radius 1 is 1.20 bits per heavy atom. The van der Waals surface area contributed by atoms with Crippen LogP contribution in [0.25, 0.3) is 0 Å². The lowest BCUT2D eigenvalue weighted by atomic mass is 9.92. The molecule has 0 spiro atoms. The molecule has 2 atom stereocenters. The van der Waals surface area contributed by atoms with Crippen molar-refractivity contribution in [3.63, 3.8) is 0 Å². The summed E-state index contributed by atoms with van der Waals surface area (Å²) < 4.78 is 0. The second-order valence-corrected chi connectivity index (χ2v) is 7.30.